The number of piperazine rings is 1. The Morgan fingerprint density at radius 2 is 1.96 bits per heavy atom. The van der Waals surface area contributed by atoms with Crippen molar-refractivity contribution in [1.82, 2.24) is 9.80 Å². The fraction of sp³-hybridized carbons (Fsp3) is 0.562. The number of methoxy groups -OCH3 is 1. The van der Waals surface area contributed by atoms with Gasteiger partial charge in [-0.3, -0.25) is 14.9 Å². The van der Waals surface area contributed by atoms with E-state index in [2.05, 4.69) is 11.8 Å². The van der Waals surface area contributed by atoms with Crippen LogP contribution < -0.4 is 9.47 Å². The normalized spacial score (nSPS) is 16.5. The molecule has 0 spiro atoms. The minimum absolute atomic E-state index is 0.109. The van der Waals surface area contributed by atoms with E-state index in [1.165, 1.54) is 25.3 Å². The highest BCUT2D eigenvalue weighted by Crippen LogP contribution is 2.32. The van der Waals surface area contributed by atoms with Crippen molar-refractivity contribution < 1.29 is 19.2 Å². The molecule has 1 aromatic rings. The molecule has 1 atom stereocenters. The minimum atomic E-state index is -0.742. The van der Waals surface area contributed by atoms with Crippen molar-refractivity contribution in [2.24, 2.45) is 0 Å². The molecule has 1 aliphatic heterocycles. The van der Waals surface area contributed by atoms with Gasteiger partial charge in [-0.15, -0.1) is 0 Å². The second-order valence-corrected chi connectivity index (χ2v) is 5.61. The summed E-state index contributed by atoms with van der Waals surface area (Å²) < 4.78 is 10.8. The Balaban J connectivity index is 2.05. The van der Waals surface area contributed by atoms with Crippen LogP contribution in [0.3, 0.4) is 0 Å². The summed E-state index contributed by atoms with van der Waals surface area (Å²) >= 11 is 0. The van der Waals surface area contributed by atoms with Crippen LogP contribution in [0, 0.1) is 10.1 Å². The molecule has 1 aliphatic rings. The van der Waals surface area contributed by atoms with Gasteiger partial charge in [0.1, 0.15) is 0 Å². The van der Waals surface area contributed by atoms with Gasteiger partial charge in [0.15, 0.2) is 17.6 Å². The van der Waals surface area contributed by atoms with E-state index in [9.17, 15) is 14.9 Å². The number of carbonyl (C=O) groups excluding carboxylic acids is 1. The Hall–Kier alpha value is -2.35. The van der Waals surface area contributed by atoms with Gasteiger partial charge in [-0.25, -0.2) is 0 Å². The van der Waals surface area contributed by atoms with Crippen LogP contribution in [-0.2, 0) is 4.79 Å². The van der Waals surface area contributed by atoms with E-state index in [1.807, 2.05) is 0 Å². The van der Waals surface area contributed by atoms with E-state index in [1.54, 1.807) is 11.8 Å². The largest absolute Gasteiger partial charge is 0.493 e. The molecule has 1 amide bonds. The summed E-state index contributed by atoms with van der Waals surface area (Å²) in [4.78, 5) is 27.0. The fourth-order valence-electron chi connectivity index (χ4n) is 2.65. The summed E-state index contributed by atoms with van der Waals surface area (Å²) in [6, 6.07) is 4.07. The zero-order valence-electron chi connectivity index (χ0n) is 14.2. The zero-order valence-corrected chi connectivity index (χ0v) is 14.2. The SMILES string of the molecule is CCN1CCN(C(=O)C(C)Oc2cc([N+](=O)[O-])ccc2OC)CC1. The molecular formula is C16H23N3O5. The van der Waals surface area contributed by atoms with Crippen molar-refractivity contribution in [3.8, 4) is 11.5 Å². The van der Waals surface area contributed by atoms with Crippen LogP contribution in [0.5, 0.6) is 11.5 Å². The number of hydrogen-bond donors (Lipinski definition) is 0. The second kappa shape index (κ2) is 7.96. The lowest BCUT2D eigenvalue weighted by Gasteiger charge is -2.35. The Bertz CT molecular complexity index is 599. The molecule has 24 heavy (non-hydrogen) atoms. The molecule has 2 rings (SSSR count). The number of non-ortho nitro benzene ring substituents is 1. The van der Waals surface area contributed by atoms with Gasteiger partial charge in [0, 0.05) is 32.2 Å². The lowest BCUT2D eigenvalue weighted by molar-refractivity contribution is -0.385. The Labute approximate surface area is 141 Å². The smallest absolute Gasteiger partial charge is 0.273 e. The number of likely N-dealkylation sites (N-methyl/N-ethyl adjacent to an activating group) is 1. The van der Waals surface area contributed by atoms with E-state index < -0.39 is 11.0 Å². The Morgan fingerprint density at radius 1 is 1.29 bits per heavy atom. The van der Waals surface area contributed by atoms with Gasteiger partial charge in [0.25, 0.3) is 11.6 Å². The highest BCUT2D eigenvalue weighted by Gasteiger charge is 2.26. The van der Waals surface area contributed by atoms with Crippen LogP contribution in [0.1, 0.15) is 13.8 Å². The Kier molecular flexibility index (Phi) is 5.97. The molecule has 1 heterocycles. The van der Waals surface area contributed by atoms with Crippen LogP contribution >= 0.6 is 0 Å². The van der Waals surface area contributed by atoms with Crippen molar-refractivity contribution in [2.75, 3.05) is 39.8 Å². The first-order valence-corrected chi connectivity index (χ1v) is 7.96. The van der Waals surface area contributed by atoms with Gasteiger partial charge in [-0.2, -0.15) is 0 Å². The van der Waals surface area contributed by atoms with Crippen molar-refractivity contribution in [1.29, 1.82) is 0 Å². The van der Waals surface area contributed by atoms with Crippen LogP contribution in [0.2, 0.25) is 0 Å². The summed E-state index contributed by atoms with van der Waals surface area (Å²) in [5, 5.41) is 10.9. The first kappa shape index (κ1) is 18.0. The van der Waals surface area contributed by atoms with E-state index in [0.29, 0.717) is 18.8 Å². The molecule has 0 N–H and O–H groups in total. The van der Waals surface area contributed by atoms with Crippen LogP contribution in [0.25, 0.3) is 0 Å². The van der Waals surface area contributed by atoms with Gasteiger partial charge >= 0.3 is 0 Å². The molecule has 0 saturated carbocycles. The van der Waals surface area contributed by atoms with Crippen molar-refractivity contribution in [3.05, 3.63) is 28.3 Å². The maximum Gasteiger partial charge on any atom is 0.273 e. The average molecular weight is 337 g/mol. The Morgan fingerprint density at radius 3 is 2.50 bits per heavy atom. The van der Waals surface area contributed by atoms with Gasteiger partial charge in [0.05, 0.1) is 18.1 Å². The van der Waals surface area contributed by atoms with Crippen molar-refractivity contribution in [3.63, 3.8) is 0 Å². The quantitative estimate of drug-likeness (QED) is 0.578. The molecule has 8 nitrogen and oxygen atoms in total. The number of benzene rings is 1. The highest BCUT2D eigenvalue weighted by atomic mass is 16.6. The van der Waals surface area contributed by atoms with Crippen LogP contribution in [0.4, 0.5) is 5.69 Å². The number of nitro groups is 1. The minimum Gasteiger partial charge on any atom is -0.493 e. The third-order valence-electron chi connectivity index (χ3n) is 4.14. The molecule has 1 aromatic carbocycles. The standard InChI is InChI=1S/C16H23N3O5/c1-4-17-7-9-18(10-8-17)16(20)12(2)24-15-11-13(19(21)22)5-6-14(15)23-3/h5-6,11-12H,4,7-10H2,1-3H3. The predicted octanol–water partition coefficient (Wildman–Crippen LogP) is 1.53. The first-order valence-electron chi connectivity index (χ1n) is 7.96. The molecule has 0 radical (unpaired) electrons. The molecule has 8 heteroatoms. The molecule has 0 aliphatic carbocycles. The molecule has 1 fully saturated rings. The van der Waals surface area contributed by atoms with E-state index in [-0.39, 0.29) is 17.3 Å². The lowest BCUT2D eigenvalue weighted by atomic mass is 10.2. The summed E-state index contributed by atoms with van der Waals surface area (Å²) in [6.07, 6.45) is -0.742. The number of amides is 1. The average Bonchev–Trinajstić information content (AvgIpc) is 2.60. The van der Waals surface area contributed by atoms with E-state index in [4.69, 9.17) is 9.47 Å². The maximum atomic E-state index is 12.5. The molecular weight excluding hydrogens is 314 g/mol. The number of nitro benzene ring substituents is 1. The maximum absolute atomic E-state index is 12.5. The monoisotopic (exact) mass is 337 g/mol. The zero-order chi connectivity index (χ0) is 17.7. The lowest BCUT2D eigenvalue weighted by Crippen LogP contribution is -2.51. The molecule has 0 bridgehead atoms. The third-order valence-corrected chi connectivity index (χ3v) is 4.14. The summed E-state index contributed by atoms with van der Waals surface area (Å²) in [6.45, 7) is 7.71. The number of nitrogens with zero attached hydrogens (tertiary/aromatic N) is 3. The summed E-state index contributed by atoms with van der Waals surface area (Å²) in [5.41, 5.74) is -0.109. The number of hydrogen-bond acceptors (Lipinski definition) is 6. The third kappa shape index (κ3) is 4.14. The van der Waals surface area contributed by atoms with Gasteiger partial charge in [0.2, 0.25) is 0 Å². The van der Waals surface area contributed by atoms with E-state index in [0.717, 1.165) is 19.6 Å². The molecule has 0 aromatic heterocycles. The van der Waals surface area contributed by atoms with Gasteiger partial charge < -0.3 is 19.3 Å². The molecule has 1 unspecified atom stereocenters. The topological polar surface area (TPSA) is 85.2 Å². The van der Waals surface area contributed by atoms with Crippen molar-refractivity contribution >= 4 is 11.6 Å². The van der Waals surface area contributed by atoms with E-state index >= 15 is 0 Å². The summed E-state index contributed by atoms with van der Waals surface area (Å²) in [5.74, 6) is 0.426. The summed E-state index contributed by atoms with van der Waals surface area (Å²) in [7, 11) is 1.45. The van der Waals surface area contributed by atoms with Crippen LogP contribution in [0.15, 0.2) is 18.2 Å². The number of carbonyl (C=O) groups is 1. The second-order valence-electron chi connectivity index (χ2n) is 5.61. The predicted molar refractivity (Wildman–Crippen MR) is 88.4 cm³/mol. The molecule has 1 saturated heterocycles. The first-order chi connectivity index (χ1) is 11.5. The number of rotatable bonds is 6. The van der Waals surface area contributed by atoms with Gasteiger partial charge in [-0.1, -0.05) is 6.92 Å². The van der Waals surface area contributed by atoms with Gasteiger partial charge in [-0.05, 0) is 19.5 Å². The van der Waals surface area contributed by atoms with Crippen LogP contribution in [-0.4, -0.2) is 66.6 Å². The highest BCUT2D eigenvalue weighted by molar-refractivity contribution is 5.81. The number of ether oxygens (including phenoxy) is 2. The molecule has 132 valence electrons. The fourth-order valence-corrected chi connectivity index (χ4v) is 2.65. The van der Waals surface area contributed by atoms with Crippen molar-refractivity contribution in [2.45, 2.75) is 20.0 Å².